The number of ether oxygens (including phenoxy) is 1. The Hall–Kier alpha value is -2.94. The predicted octanol–water partition coefficient (Wildman–Crippen LogP) is 0.246. The normalized spacial score (nSPS) is 20.1. The molecule has 3 rings (SSSR count). The fourth-order valence-electron chi connectivity index (χ4n) is 3.07. The molecule has 2 atom stereocenters. The van der Waals surface area contributed by atoms with E-state index in [-0.39, 0.29) is 41.3 Å². The maximum atomic E-state index is 12.5. The highest BCUT2D eigenvalue weighted by molar-refractivity contribution is 9.10. The van der Waals surface area contributed by atoms with Crippen molar-refractivity contribution in [1.82, 2.24) is 20.0 Å². The van der Waals surface area contributed by atoms with E-state index in [2.05, 4.69) is 26.3 Å². The van der Waals surface area contributed by atoms with Crippen LogP contribution in [0.25, 0.3) is 0 Å². The van der Waals surface area contributed by atoms with Crippen LogP contribution in [0.3, 0.4) is 0 Å². The highest BCUT2D eigenvalue weighted by atomic mass is 79.9. The number of carboxylic acid groups (broad SMARTS) is 1. The Morgan fingerprint density at radius 1 is 1.48 bits per heavy atom. The lowest BCUT2D eigenvalue weighted by Gasteiger charge is -2.49. The number of carbonyl (C=O) groups excluding carboxylic acids is 3. The zero-order valence-electron chi connectivity index (χ0n) is 15.9. The van der Waals surface area contributed by atoms with Crippen molar-refractivity contribution in [2.24, 2.45) is 0 Å². The van der Waals surface area contributed by atoms with Gasteiger partial charge < -0.3 is 25.3 Å². The van der Waals surface area contributed by atoms with Crippen LogP contribution in [0.15, 0.2) is 21.9 Å². The summed E-state index contributed by atoms with van der Waals surface area (Å²) in [5.74, 6) is -3.11. The third kappa shape index (κ3) is 4.71. The second kappa shape index (κ2) is 9.05. The first-order chi connectivity index (χ1) is 14.6. The third-order valence-electron chi connectivity index (χ3n) is 4.46. The summed E-state index contributed by atoms with van der Waals surface area (Å²) in [5.41, 5.74) is 0.0575. The van der Waals surface area contributed by atoms with E-state index in [1.165, 1.54) is 29.6 Å². The summed E-state index contributed by atoms with van der Waals surface area (Å²) in [4.78, 5) is 58.7. The summed E-state index contributed by atoms with van der Waals surface area (Å²) in [6.45, 7) is 1.01. The molecule has 1 fully saturated rings. The summed E-state index contributed by atoms with van der Waals surface area (Å²) in [7, 11) is 0. The maximum absolute atomic E-state index is 12.5. The molecule has 2 N–H and O–H groups in total. The highest BCUT2D eigenvalue weighted by Crippen LogP contribution is 2.40. The molecular formula is C16H16BrN5O8S. The Labute approximate surface area is 187 Å². The minimum Gasteiger partial charge on any atom is -0.477 e. The van der Waals surface area contributed by atoms with E-state index < -0.39 is 40.1 Å². The summed E-state index contributed by atoms with van der Waals surface area (Å²) in [6.07, 6.45) is 1.28. The standard InChI is InChI=1S/C16H16BrN5O8S/c1-7(23)30-5-8-6-31-15-11(14(25)21(15)12(8)16(26)27)18-10(24)2-3-20-4-9(17)13(19-20)22(28)29/h4,11,15H,2-3,5-6H2,1H3,(H,18,24)(H,26,27)/t11-,15-/m0/s1. The van der Waals surface area contributed by atoms with Crippen molar-refractivity contribution in [1.29, 1.82) is 0 Å². The molecule has 2 amide bonds. The number of nitrogens with zero attached hydrogens (tertiary/aromatic N) is 4. The Morgan fingerprint density at radius 2 is 2.19 bits per heavy atom. The second-order valence-corrected chi connectivity index (χ2v) is 8.52. The van der Waals surface area contributed by atoms with Crippen molar-refractivity contribution < 1.29 is 33.9 Å². The lowest BCUT2D eigenvalue weighted by Crippen LogP contribution is -2.70. The minimum absolute atomic E-state index is 0.0491. The molecule has 2 aliphatic heterocycles. The molecule has 0 aliphatic carbocycles. The van der Waals surface area contributed by atoms with E-state index in [4.69, 9.17) is 4.74 Å². The first-order valence-corrected chi connectivity index (χ1v) is 10.6. The molecule has 2 aliphatic rings. The van der Waals surface area contributed by atoms with Gasteiger partial charge in [0.25, 0.3) is 5.91 Å². The van der Waals surface area contributed by atoms with Gasteiger partial charge in [0, 0.05) is 24.7 Å². The van der Waals surface area contributed by atoms with Crippen LogP contribution < -0.4 is 5.32 Å². The number of hydrogen-bond acceptors (Lipinski definition) is 9. The van der Waals surface area contributed by atoms with Crippen molar-refractivity contribution in [2.45, 2.75) is 31.3 Å². The van der Waals surface area contributed by atoms with Crippen LogP contribution in [0, 0.1) is 10.1 Å². The molecule has 0 spiro atoms. The van der Waals surface area contributed by atoms with Crippen molar-refractivity contribution in [3.05, 3.63) is 32.1 Å². The number of carbonyl (C=O) groups is 4. The second-order valence-electron chi connectivity index (χ2n) is 6.56. The van der Waals surface area contributed by atoms with Gasteiger partial charge in [-0.25, -0.2) is 4.79 Å². The van der Waals surface area contributed by atoms with Gasteiger partial charge in [0.15, 0.2) is 0 Å². The van der Waals surface area contributed by atoms with Gasteiger partial charge in [0.1, 0.15) is 28.2 Å². The average molecular weight is 518 g/mol. The molecule has 166 valence electrons. The summed E-state index contributed by atoms with van der Waals surface area (Å²) >= 11 is 4.26. The first kappa shape index (κ1) is 22.7. The molecule has 1 aromatic rings. The van der Waals surface area contributed by atoms with E-state index in [1.54, 1.807) is 0 Å². The van der Waals surface area contributed by atoms with Crippen LogP contribution in [-0.2, 0) is 30.5 Å². The van der Waals surface area contributed by atoms with Gasteiger partial charge >= 0.3 is 17.8 Å². The van der Waals surface area contributed by atoms with E-state index in [0.717, 1.165) is 4.90 Å². The summed E-state index contributed by atoms with van der Waals surface area (Å²) in [6, 6.07) is -0.902. The van der Waals surface area contributed by atoms with E-state index in [1.807, 2.05) is 0 Å². The molecule has 1 saturated heterocycles. The van der Waals surface area contributed by atoms with Gasteiger partial charge in [-0.2, -0.15) is 4.68 Å². The average Bonchev–Trinajstić information content (AvgIpc) is 3.08. The fourth-order valence-corrected chi connectivity index (χ4v) is 4.86. The number of halogens is 1. The van der Waals surface area contributed by atoms with Crippen LogP contribution in [-0.4, -0.2) is 72.2 Å². The molecule has 0 radical (unpaired) electrons. The maximum Gasteiger partial charge on any atom is 0.404 e. The number of rotatable bonds is 8. The van der Waals surface area contributed by atoms with E-state index in [9.17, 15) is 34.4 Å². The van der Waals surface area contributed by atoms with Gasteiger partial charge in [-0.1, -0.05) is 0 Å². The van der Waals surface area contributed by atoms with Crippen LogP contribution in [0.2, 0.25) is 0 Å². The van der Waals surface area contributed by atoms with Gasteiger partial charge in [-0.05, 0) is 20.9 Å². The number of carboxylic acids is 1. The van der Waals surface area contributed by atoms with Gasteiger partial charge in [0.2, 0.25) is 5.91 Å². The Morgan fingerprint density at radius 3 is 2.77 bits per heavy atom. The molecule has 0 aromatic carbocycles. The molecule has 15 heteroatoms. The highest BCUT2D eigenvalue weighted by Gasteiger charge is 2.54. The number of amides is 2. The third-order valence-corrected chi connectivity index (χ3v) is 6.36. The number of aliphatic carboxylic acids is 1. The lowest BCUT2D eigenvalue weighted by molar-refractivity contribution is -0.390. The number of aryl methyl sites for hydroxylation is 1. The molecule has 1 aromatic heterocycles. The summed E-state index contributed by atoms with van der Waals surface area (Å²) in [5, 5.41) is 26.0. The fraction of sp³-hybridized carbons (Fsp3) is 0.438. The van der Waals surface area contributed by atoms with E-state index >= 15 is 0 Å². The van der Waals surface area contributed by atoms with Gasteiger partial charge in [-0.15, -0.1) is 11.8 Å². The van der Waals surface area contributed by atoms with E-state index in [0.29, 0.717) is 5.57 Å². The molecule has 13 nitrogen and oxygen atoms in total. The van der Waals surface area contributed by atoms with Crippen molar-refractivity contribution >= 4 is 57.3 Å². The Kier molecular flexibility index (Phi) is 6.64. The zero-order valence-corrected chi connectivity index (χ0v) is 18.3. The number of β-lactam (4-membered cyclic amide) rings is 1. The number of thioether (sulfide) groups is 1. The Bertz CT molecular complexity index is 1010. The number of esters is 1. The van der Waals surface area contributed by atoms with Gasteiger partial charge in [0.05, 0.1) is 17.8 Å². The molecule has 0 unspecified atom stereocenters. The number of nitro groups is 1. The van der Waals surface area contributed by atoms with Crippen LogP contribution in [0.5, 0.6) is 0 Å². The molecule has 0 saturated carbocycles. The monoisotopic (exact) mass is 517 g/mol. The zero-order chi connectivity index (χ0) is 22.9. The molecule has 0 bridgehead atoms. The first-order valence-electron chi connectivity index (χ1n) is 8.80. The molecule has 3 heterocycles. The van der Waals surface area contributed by atoms with Crippen molar-refractivity contribution in [3.63, 3.8) is 0 Å². The minimum atomic E-state index is -1.32. The molecule has 31 heavy (non-hydrogen) atoms. The number of aromatic nitrogens is 2. The number of fused-ring (bicyclic) bond motifs is 1. The molecular weight excluding hydrogens is 502 g/mol. The summed E-state index contributed by atoms with van der Waals surface area (Å²) < 4.78 is 6.27. The van der Waals surface area contributed by atoms with Crippen LogP contribution in [0.1, 0.15) is 13.3 Å². The Balaban J connectivity index is 1.61. The largest absolute Gasteiger partial charge is 0.477 e. The number of nitrogens with one attached hydrogen (secondary N) is 1. The topological polar surface area (TPSA) is 174 Å². The van der Waals surface area contributed by atoms with Crippen molar-refractivity contribution in [2.75, 3.05) is 12.4 Å². The predicted molar refractivity (Wildman–Crippen MR) is 108 cm³/mol. The SMILES string of the molecule is CC(=O)OCC1=C(C(=O)O)N2C(=O)[C@H](NC(=O)CCn3cc(Br)c([N+](=O)[O-])n3)[C@@H]2SC1. The van der Waals surface area contributed by atoms with Crippen LogP contribution >= 0.6 is 27.7 Å². The quantitative estimate of drug-likeness (QED) is 0.210. The van der Waals surface area contributed by atoms with Crippen molar-refractivity contribution in [3.8, 4) is 0 Å². The van der Waals surface area contributed by atoms with Crippen LogP contribution in [0.4, 0.5) is 5.82 Å². The lowest BCUT2D eigenvalue weighted by atomic mass is 10.0. The number of hydrogen-bond donors (Lipinski definition) is 2. The van der Waals surface area contributed by atoms with Gasteiger partial charge in [-0.3, -0.25) is 19.3 Å². The smallest absolute Gasteiger partial charge is 0.404 e.